The van der Waals surface area contributed by atoms with Crippen molar-refractivity contribution in [2.45, 2.75) is 40.2 Å². The lowest BCUT2D eigenvalue weighted by Crippen LogP contribution is -2.38. The van der Waals surface area contributed by atoms with Crippen molar-refractivity contribution in [3.05, 3.63) is 15.6 Å². The van der Waals surface area contributed by atoms with E-state index in [0.717, 1.165) is 36.1 Å². The third kappa shape index (κ3) is 10.4. The molecule has 0 unspecified atom stereocenters. The molecule has 0 radical (unpaired) electrons. The van der Waals surface area contributed by atoms with Gasteiger partial charge in [-0.3, -0.25) is 4.99 Å². The highest BCUT2D eigenvalue weighted by Gasteiger charge is 2.04. The second kappa shape index (κ2) is 14.9. The highest BCUT2D eigenvalue weighted by Crippen LogP contribution is 2.15. The van der Waals surface area contributed by atoms with Crippen LogP contribution in [0.15, 0.2) is 4.99 Å². The maximum atomic E-state index is 5.51. The normalized spacial score (nSPS) is 11.2. The Kier molecular flexibility index (Phi) is 14.6. The summed E-state index contributed by atoms with van der Waals surface area (Å²) in [5, 5.41) is 7.55. The Morgan fingerprint density at radius 3 is 2.42 bits per heavy atom. The second-order valence-corrected chi connectivity index (χ2v) is 6.47. The van der Waals surface area contributed by atoms with E-state index in [2.05, 4.69) is 34.5 Å². The molecule has 140 valence electrons. The number of nitrogens with zero attached hydrogens (tertiary/aromatic N) is 2. The molecule has 0 atom stereocenters. The molecule has 1 heterocycles. The van der Waals surface area contributed by atoms with E-state index in [-0.39, 0.29) is 24.0 Å². The maximum Gasteiger partial charge on any atom is 0.191 e. The van der Waals surface area contributed by atoms with Gasteiger partial charge in [0.05, 0.1) is 32.1 Å². The molecular weight excluding hydrogens is 439 g/mol. The Morgan fingerprint density at radius 2 is 1.83 bits per heavy atom. The molecular formula is C16H31IN4O2S. The van der Waals surface area contributed by atoms with E-state index in [1.54, 1.807) is 18.4 Å². The number of aliphatic imine (C=N–C) groups is 1. The minimum atomic E-state index is 0. The van der Waals surface area contributed by atoms with Crippen LogP contribution in [0, 0.1) is 13.8 Å². The van der Waals surface area contributed by atoms with Gasteiger partial charge in [0.1, 0.15) is 5.01 Å². The van der Waals surface area contributed by atoms with Crippen LogP contribution >= 0.6 is 35.3 Å². The smallest absolute Gasteiger partial charge is 0.191 e. The molecule has 0 fully saturated rings. The van der Waals surface area contributed by atoms with E-state index in [9.17, 15) is 0 Å². The van der Waals surface area contributed by atoms with E-state index >= 15 is 0 Å². The van der Waals surface area contributed by atoms with Crippen LogP contribution in [0.2, 0.25) is 0 Å². The molecule has 1 aromatic heterocycles. The first-order chi connectivity index (χ1) is 11.2. The van der Waals surface area contributed by atoms with Crippen molar-refractivity contribution in [1.82, 2.24) is 15.6 Å². The van der Waals surface area contributed by atoms with Crippen LogP contribution in [0.4, 0.5) is 0 Å². The van der Waals surface area contributed by atoms with E-state index in [0.29, 0.717) is 32.9 Å². The Balaban J connectivity index is 0.00000529. The highest BCUT2D eigenvalue weighted by atomic mass is 127. The third-order valence-corrected chi connectivity index (χ3v) is 4.33. The zero-order valence-corrected chi connectivity index (χ0v) is 18.3. The van der Waals surface area contributed by atoms with Crippen molar-refractivity contribution in [3.8, 4) is 0 Å². The summed E-state index contributed by atoms with van der Waals surface area (Å²) >= 11 is 1.71. The quantitative estimate of drug-likeness (QED) is 0.225. The number of hydrogen-bond acceptors (Lipinski definition) is 5. The van der Waals surface area contributed by atoms with Crippen LogP contribution in [0.25, 0.3) is 0 Å². The maximum absolute atomic E-state index is 5.51. The van der Waals surface area contributed by atoms with E-state index in [1.165, 1.54) is 4.88 Å². The molecule has 0 saturated carbocycles. The number of hydrogen-bond donors (Lipinski definition) is 2. The van der Waals surface area contributed by atoms with E-state index in [1.807, 2.05) is 6.92 Å². The molecule has 6 nitrogen and oxygen atoms in total. The second-order valence-electron chi connectivity index (χ2n) is 5.18. The van der Waals surface area contributed by atoms with Gasteiger partial charge in [0.2, 0.25) is 0 Å². The molecule has 0 aliphatic carbocycles. The third-order valence-electron chi connectivity index (χ3n) is 3.26. The molecule has 2 N–H and O–H groups in total. The molecule has 1 aromatic rings. The number of ether oxygens (including phenoxy) is 2. The lowest BCUT2D eigenvalue weighted by Gasteiger charge is -2.11. The van der Waals surface area contributed by atoms with Crippen molar-refractivity contribution in [2.24, 2.45) is 4.99 Å². The fourth-order valence-corrected chi connectivity index (χ4v) is 2.68. The van der Waals surface area contributed by atoms with Crippen molar-refractivity contribution < 1.29 is 9.47 Å². The Labute approximate surface area is 166 Å². The van der Waals surface area contributed by atoms with Gasteiger partial charge in [-0.15, -0.1) is 35.3 Å². The van der Waals surface area contributed by atoms with E-state index in [4.69, 9.17) is 9.47 Å². The number of guanidine groups is 1. The Morgan fingerprint density at radius 1 is 1.12 bits per heavy atom. The summed E-state index contributed by atoms with van der Waals surface area (Å²) in [5.41, 5.74) is 1.10. The van der Waals surface area contributed by atoms with Crippen LogP contribution in [-0.2, 0) is 16.0 Å². The van der Waals surface area contributed by atoms with Crippen molar-refractivity contribution in [3.63, 3.8) is 0 Å². The predicted molar refractivity (Wildman–Crippen MR) is 112 cm³/mol. The van der Waals surface area contributed by atoms with Crippen LogP contribution in [-0.4, -0.2) is 51.0 Å². The van der Waals surface area contributed by atoms with Gasteiger partial charge < -0.3 is 20.1 Å². The summed E-state index contributed by atoms with van der Waals surface area (Å²) in [5.74, 6) is 0.762. The molecule has 0 bridgehead atoms. The molecule has 1 rings (SSSR count). The van der Waals surface area contributed by atoms with Gasteiger partial charge >= 0.3 is 0 Å². The van der Waals surface area contributed by atoms with Crippen molar-refractivity contribution in [1.29, 1.82) is 0 Å². The highest BCUT2D eigenvalue weighted by molar-refractivity contribution is 14.0. The van der Waals surface area contributed by atoms with Crippen LogP contribution < -0.4 is 10.6 Å². The average Bonchev–Trinajstić information content (AvgIpc) is 2.87. The molecule has 24 heavy (non-hydrogen) atoms. The molecule has 0 aliphatic heterocycles. The lowest BCUT2D eigenvalue weighted by atomic mass is 10.4. The number of aromatic nitrogens is 1. The number of halogens is 1. The Bertz CT molecular complexity index is 449. The minimum absolute atomic E-state index is 0. The lowest BCUT2D eigenvalue weighted by molar-refractivity contribution is 0.0487. The summed E-state index contributed by atoms with van der Waals surface area (Å²) in [6.45, 7) is 10.4. The first-order valence-electron chi connectivity index (χ1n) is 8.20. The largest absolute Gasteiger partial charge is 0.379 e. The predicted octanol–water partition coefficient (Wildman–Crippen LogP) is 2.88. The molecule has 0 saturated heterocycles. The number of nitrogens with one attached hydrogen (secondary N) is 2. The van der Waals surface area contributed by atoms with Gasteiger partial charge in [0.15, 0.2) is 5.96 Å². The first kappa shape index (κ1) is 23.5. The fourth-order valence-electron chi connectivity index (χ4n) is 1.80. The van der Waals surface area contributed by atoms with Gasteiger partial charge in [-0.2, -0.15) is 0 Å². The van der Waals surface area contributed by atoms with Gasteiger partial charge in [0.25, 0.3) is 0 Å². The summed E-state index contributed by atoms with van der Waals surface area (Å²) in [6, 6.07) is 0. The zero-order valence-electron chi connectivity index (χ0n) is 15.2. The van der Waals surface area contributed by atoms with Gasteiger partial charge in [-0.1, -0.05) is 13.3 Å². The average molecular weight is 470 g/mol. The Hall–Kier alpha value is -0.450. The number of rotatable bonds is 11. The number of aryl methyl sites for hydroxylation is 2. The summed E-state index contributed by atoms with van der Waals surface area (Å²) in [7, 11) is 1.76. The van der Waals surface area contributed by atoms with E-state index < -0.39 is 0 Å². The molecule has 0 aliphatic rings. The van der Waals surface area contributed by atoms with Gasteiger partial charge in [0, 0.05) is 25.1 Å². The van der Waals surface area contributed by atoms with Gasteiger partial charge in [-0.25, -0.2) is 4.98 Å². The number of unbranched alkanes of at least 4 members (excludes halogenated alkanes) is 1. The topological polar surface area (TPSA) is 67.8 Å². The summed E-state index contributed by atoms with van der Waals surface area (Å²) in [6.07, 6.45) is 2.28. The molecule has 8 heteroatoms. The fraction of sp³-hybridized carbons (Fsp3) is 0.750. The minimum Gasteiger partial charge on any atom is -0.379 e. The molecule has 0 aromatic carbocycles. The number of thiazole rings is 1. The molecule has 0 spiro atoms. The van der Waals surface area contributed by atoms with Crippen molar-refractivity contribution >= 4 is 41.3 Å². The first-order valence-corrected chi connectivity index (χ1v) is 9.02. The van der Waals surface area contributed by atoms with Crippen molar-refractivity contribution in [2.75, 3.05) is 40.0 Å². The van der Waals surface area contributed by atoms with Crippen LogP contribution in [0.3, 0.4) is 0 Å². The SMILES string of the molecule is CCCCOCCOCCNC(=NC)NCc1nc(C)c(C)s1.I. The van der Waals surface area contributed by atoms with Crippen LogP contribution in [0.5, 0.6) is 0 Å². The van der Waals surface area contributed by atoms with Crippen LogP contribution in [0.1, 0.15) is 35.3 Å². The summed E-state index contributed by atoms with van der Waals surface area (Å²) in [4.78, 5) is 9.96. The standard InChI is InChI=1S/C16H30N4O2S.HI/c1-5-6-8-21-10-11-22-9-7-18-16(17-4)19-12-15-20-13(2)14(3)23-15;/h5-12H2,1-4H3,(H2,17,18,19);1H. The monoisotopic (exact) mass is 470 g/mol. The molecule has 0 amide bonds. The summed E-state index contributed by atoms with van der Waals surface area (Å²) < 4.78 is 10.9. The van der Waals surface area contributed by atoms with Gasteiger partial charge in [-0.05, 0) is 20.3 Å². The zero-order chi connectivity index (χ0) is 16.9.